The number of benzene rings is 1. The van der Waals surface area contributed by atoms with Gasteiger partial charge in [-0.3, -0.25) is 4.79 Å². The minimum absolute atomic E-state index is 0.0212. The molecule has 0 aliphatic carbocycles. The van der Waals surface area contributed by atoms with Crippen LogP contribution in [0.3, 0.4) is 0 Å². The number of hydrogen-bond acceptors (Lipinski definition) is 3. The summed E-state index contributed by atoms with van der Waals surface area (Å²) in [7, 11) is 0. The molecule has 5 nitrogen and oxygen atoms in total. The summed E-state index contributed by atoms with van der Waals surface area (Å²) < 4.78 is 7.82. The Morgan fingerprint density at radius 1 is 1.43 bits per heavy atom. The maximum absolute atomic E-state index is 12.5. The van der Waals surface area contributed by atoms with E-state index in [4.69, 9.17) is 4.74 Å². The third kappa shape index (κ3) is 3.73. The molecular weight excluding hydrogens is 290 g/mol. The predicted octanol–water partition coefficient (Wildman–Crippen LogP) is 2.20. The molecule has 0 radical (unpaired) electrons. The van der Waals surface area contributed by atoms with Gasteiger partial charge in [-0.25, -0.2) is 4.98 Å². The summed E-state index contributed by atoms with van der Waals surface area (Å²) in [6, 6.07) is 7.98. The van der Waals surface area contributed by atoms with Crippen LogP contribution in [0.2, 0.25) is 0 Å². The van der Waals surface area contributed by atoms with Gasteiger partial charge in [0.05, 0.1) is 6.61 Å². The highest BCUT2D eigenvalue weighted by atomic mass is 16.5. The number of rotatable bonds is 5. The highest BCUT2D eigenvalue weighted by Crippen LogP contribution is 2.26. The van der Waals surface area contributed by atoms with Crippen molar-refractivity contribution in [2.75, 3.05) is 13.2 Å². The molecule has 1 aliphatic heterocycles. The van der Waals surface area contributed by atoms with Gasteiger partial charge in [0.2, 0.25) is 5.91 Å². The van der Waals surface area contributed by atoms with Crippen LogP contribution >= 0.6 is 0 Å². The van der Waals surface area contributed by atoms with E-state index in [0.717, 1.165) is 42.9 Å². The summed E-state index contributed by atoms with van der Waals surface area (Å²) in [6.45, 7) is 4.06. The lowest BCUT2D eigenvalue weighted by molar-refractivity contribution is -0.125. The molecule has 1 N–H and O–H groups in total. The molecule has 3 rings (SSSR count). The number of carbonyl (C=O) groups excluding carboxylic acids is 1. The van der Waals surface area contributed by atoms with Gasteiger partial charge in [0.1, 0.15) is 11.6 Å². The molecule has 0 unspecified atom stereocenters. The minimum atomic E-state index is -0.0212. The SMILES string of the molecule is CCc1nccn1CCNC(=O)[C@@H]1CCOc2ccccc2C1. The number of aryl methyl sites for hydroxylation is 1. The summed E-state index contributed by atoms with van der Waals surface area (Å²) in [5.74, 6) is 2.06. The Morgan fingerprint density at radius 3 is 3.17 bits per heavy atom. The first kappa shape index (κ1) is 15.6. The summed E-state index contributed by atoms with van der Waals surface area (Å²) in [6.07, 6.45) is 6.16. The maximum Gasteiger partial charge on any atom is 0.223 e. The molecule has 2 aromatic rings. The molecular formula is C18H23N3O2. The zero-order valence-corrected chi connectivity index (χ0v) is 13.5. The standard InChI is InChI=1S/C18H23N3O2/c1-2-17-19-8-10-21(17)11-9-20-18(22)15-7-12-23-16-6-4-3-5-14(16)13-15/h3-6,8,10,15H,2,7,9,11-13H2,1H3,(H,20,22)/t15-/m1/s1. The van der Waals surface area contributed by atoms with Gasteiger partial charge in [0.25, 0.3) is 0 Å². The van der Waals surface area contributed by atoms with E-state index in [1.807, 2.05) is 30.5 Å². The fourth-order valence-corrected chi connectivity index (χ4v) is 3.02. The van der Waals surface area contributed by atoms with Crippen molar-refractivity contribution in [3.63, 3.8) is 0 Å². The van der Waals surface area contributed by atoms with Gasteiger partial charge in [-0.2, -0.15) is 0 Å². The molecule has 23 heavy (non-hydrogen) atoms. The van der Waals surface area contributed by atoms with E-state index in [9.17, 15) is 4.79 Å². The van der Waals surface area contributed by atoms with Crippen LogP contribution in [-0.2, 0) is 24.2 Å². The number of fused-ring (bicyclic) bond motifs is 1. The summed E-state index contributed by atoms with van der Waals surface area (Å²) in [5, 5.41) is 3.06. The summed E-state index contributed by atoms with van der Waals surface area (Å²) in [5.41, 5.74) is 1.12. The number of amides is 1. The molecule has 1 aromatic carbocycles. The lowest BCUT2D eigenvalue weighted by atomic mass is 9.96. The van der Waals surface area contributed by atoms with Gasteiger partial charge >= 0.3 is 0 Å². The molecule has 2 heterocycles. The third-order valence-electron chi connectivity index (χ3n) is 4.30. The zero-order chi connectivity index (χ0) is 16.1. The van der Waals surface area contributed by atoms with Gasteiger partial charge in [-0.1, -0.05) is 25.1 Å². The van der Waals surface area contributed by atoms with Crippen LogP contribution in [0.15, 0.2) is 36.7 Å². The number of carbonyl (C=O) groups is 1. The Hall–Kier alpha value is -2.30. The van der Waals surface area contributed by atoms with Crippen molar-refractivity contribution in [1.29, 1.82) is 0 Å². The van der Waals surface area contributed by atoms with Crippen molar-refractivity contribution >= 4 is 5.91 Å². The average molecular weight is 313 g/mol. The van der Waals surface area contributed by atoms with Crippen LogP contribution in [0.1, 0.15) is 24.7 Å². The second kappa shape index (κ2) is 7.31. The highest BCUT2D eigenvalue weighted by Gasteiger charge is 2.23. The predicted molar refractivity (Wildman–Crippen MR) is 88.4 cm³/mol. The lowest BCUT2D eigenvalue weighted by Crippen LogP contribution is -2.34. The van der Waals surface area contributed by atoms with Gasteiger partial charge in [0.15, 0.2) is 0 Å². The van der Waals surface area contributed by atoms with E-state index in [0.29, 0.717) is 13.2 Å². The first-order valence-electron chi connectivity index (χ1n) is 8.26. The highest BCUT2D eigenvalue weighted by molar-refractivity contribution is 5.79. The second-order valence-electron chi connectivity index (χ2n) is 5.83. The Kier molecular flexibility index (Phi) is 4.95. The van der Waals surface area contributed by atoms with Gasteiger partial charge < -0.3 is 14.6 Å². The average Bonchev–Trinajstić information content (AvgIpc) is 2.91. The molecule has 1 atom stereocenters. The molecule has 0 saturated heterocycles. The first-order valence-corrected chi connectivity index (χ1v) is 8.26. The Balaban J connectivity index is 1.54. The topological polar surface area (TPSA) is 56.2 Å². The Labute approximate surface area is 136 Å². The second-order valence-corrected chi connectivity index (χ2v) is 5.83. The van der Waals surface area contributed by atoms with Crippen LogP contribution in [0.25, 0.3) is 0 Å². The molecule has 1 aromatic heterocycles. The molecule has 122 valence electrons. The van der Waals surface area contributed by atoms with Crippen LogP contribution in [0, 0.1) is 5.92 Å². The minimum Gasteiger partial charge on any atom is -0.493 e. The van der Waals surface area contributed by atoms with Crippen LogP contribution in [0.5, 0.6) is 5.75 Å². The maximum atomic E-state index is 12.5. The van der Waals surface area contributed by atoms with E-state index in [2.05, 4.69) is 21.8 Å². The Morgan fingerprint density at radius 2 is 2.30 bits per heavy atom. The normalized spacial score (nSPS) is 17.0. The summed E-state index contributed by atoms with van der Waals surface area (Å²) in [4.78, 5) is 16.7. The fraction of sp³-hybridized carbons (Fsp3) is 0.444. The number of imidazole rings is 1. The Bertz CT molecular complexity index is 666. The molecule has 0 saturated carbocycles. The van der Waals surface area contributed by atoms with E-state index >= 15 is 0 Å². The summed E-state index contributed by atoms with van der Waals surface area (Å²) >= 11 is 0. The lowest BCUT2D eigenvalue weighted by Gasteiger charge is -2.14. The molecule has 0 bridgehead atoms. The quantitative estimate of drug-likeness (QED) is 0.921. The van der Waals surface area contributed by atoms with Gasteiger partial charge in [-0.15, -0.1) is 0 Å². The fourth-order valence-electron chi connectivity index (χ4n) is 3.02. The molecule has 1 amide bonds. The number of aromatic nitrogens is 2. The van der Waals surface area contributed by atoms with Crippen molar-refractivity contribution in [1.82, 2.24) is 14.9 Å². The van der Waals surface area contributed by atoms with E-state index in [1.165, 1.54) is 0 Å². The van der Waals surface area contributed by atoms with Crippen molar-refractivity contribution in [3.8, 4) is 5.75 Å². The van der Waals surface area contributed by atoms with Crippen molar-refractivity contribution < 1.29 is 9.53 Å². The smallest absolute Gasteiger partial charge is 0.223 e. The van der Waals surface area contributed by atoms with Crippen LogP contribution < -0.4 is 10.1 Å². The van der Waals surface area contributed by atoms with Crippen molar-refractivity contribution in [3.05, 3.63) is 48.0 Å². The van der Waals surface area contributed by atoms with Gasteiger partial charge in [0, 0.05) is 37.8 Å². The van der Waals surface area contributed by atoms with Crippen LogP contribution in [0.4, 0.5) is 0 Å². The molecule has 0 fully saturated rings. The van der Waals surface area contributed by atoms with Crippen molar-refractivity contribution in [2.24, 2.45) is 5.92 Å². The molecule has 5 heteroatoms. The molecule has 1 aliphatic rings. The molecule has 0 spiro atoms. The third-order valence-corrected chi connectivity index (χ3v) is 4.30. The van der Waals surface area contributed by atoms with E-state index in [1.54, 1.807) is 6.20 Å². The number of hydrogen-bond donors (Lipinski definition) is 1. The number of ether oxygens (including phenoxy) is 1. The van der Waals surface area contributed by atoms with E-state index < -0.39 is 0 Å². The van der Waals surface area contributed by atoms with Crippen molar-refractivity contribution in [2.45, 2.75) is 32.7 Å². The largest absolute Gasteiger partial charge is 0.493 e. The van der Waals surface area contributed by atoms with Gasteiger partial charge in [-0.05, 0) is 24.5 Å². The number of nitrogens with zero attached hydrogens (tertiary/aromatic N) is 2. The first-order chi connectivity index (χ1) is 11.3. The van der Waals surface area contributed by atoms with E-state index in [-0.39, 0.29) is 11.8 Å². The zero-order valence-electron chi connectivity index (χ0n) is 13.5. The number of para-hydroxylation sites is 1. The number of nitrogens with one attached hydrogen (secondary N) is 1. The monoisotopic (exact) mass is 313 g/mol. The van der Waals surface area contributed by atoms with Crippen LogP contribution in [-0.4, -0.2) is 28.6 Å².